The topological polar surface area (TPSA) is 58.2 Å². The van der Waals surface area contributed by atoms with Crippen LogP contribution < -0.4 is 10.6 Å². The molecule has 3 aromatic carbocycles. The van der Waals surface area contributed by atoms with Crippen molar-refractivity contribution in [2.24, 2.45) is 0 Å². The van der Waals surface area contributed by atoms with Gasteiger partial charge in [-0.15, -0.1) is 0 Å². The van der Waals surface area contributed by atoms with Gasteiger partial charge < -0.3 is 10.6 Å². The van der Waals surface area contributed by atoms with Gasteiger partial charge in [0, 0.05) is 22.5 Å². The maximum Gasteiger partial charge on any atom is 0.395 e. The fourth-order valence-corrected chi connectivity index (χ4v) is 3.58. The molecule has 0 bridgehead atoms. The Kier molecular flexibility index (Phi) is 6.91. The predicted molar refractivity (Wildman–Crippen MR) is 124 cm³/mol. The third-order valence-corrected chi connectivity index (χ3v) is 5.56. The normalized spacial score (nSPS) is 12.2. The molecule has 0 fully saturated rings. The van der Waals surface area contributed by atoms with Gasteiger partial charge in [-0.25, -0.2) is 0 Å². The van der Waals surface area contributed by atoms with E-state index in [9.17, 15) is 22.8 Å². The Balaban J connectivity index is 1.79. The fourth-order valence-electron chi connectivity index (χ4n) is 3.58. The summed E-state index contributed by atoms with van der Waals surface area (Å²) >= 11 is 0. The molecule has 1 unspecified atom stereocenters. The number of nitrogens with one attached hydrogen (secondary N) is 2. The molecule has 2 amide bonds. The lowest BCUT2D eigenvalue weighted by molar-refractivity contribution is -0.146. The summed E-state index contributed by atoms with van der Waals surface area (Å²) in [5.41, 5.74) is 3.83. The Morgan fingerprint density at radius 1 is 0.788 bits per heavy atom. The molecular weight excluding hydrogens is 429 g/mol. The average molecular weight is 454 g/mol. The van der Waals surface area contributed by atoms with E-state index in [1.54, 1.807) is 50.2 Å². The minimum Gasteiger partial charge on any atom is -0.322 e. The molecule has 0 aliphatic carbocycles. The second kappa shape index (κ2) is 9.48. The second-order valence-corrected chi connectivity index (χ2v) is 8.10. The van der Waals surface area contributed by atoms with E-state index in [0.717, 1.165) is 12.5 Å². The number of anilines is 2. The van der Waals surface area contributed by atoms with Crippen LogP contribution in [0.1, 0.15) is 55.8 Å². The highest BCUT2D eigenvalue weighted by molar-refractivity contribution is 6.08. The van der Waals surface area contributed by atoms with Crippen molar-refractivity contribution >= 4 is 23.2 Å². The molecule has 3 rings (SSSR count). The van der Waals surface area contributed by atoms with Crippen LogP contribution in [0.5, 0.6) is 0 Å². The zero-order valence-electron chi connectivity index (χ0n) is 18.8. The minimum absolute atomic E-state index is 0.149. The first kappa shape index (κ1) is 24.0. The number of alkyl halides is 3. The molecule has 4 nitrogen and oxygen atoms in total. The third-order valence-electron chi connectivity index (χ3n) is 5.56. The van der Waals surface area contributed by atoms with Crippen LogP contribution in [-0.4, -0.2) is 18.0 Å². The van der Waals surface area contributed by atoms with Crippen LogP contribution >= 0.6 is 0 Å². The maximum atomic E-state index is 13.1. The molecule has 0 aliphatic rings. The van der Waals surface area contributed by atoms with Crippen LogP contribution in [0, 0.1) is 20.8 Å². The molecule has 3 aromatic rings. The van der Waals surface area contributed by atoms with Gasteiger partial charge in [0.1, 0.15) is 0 Å². The Morgan fingerprint density at radius 2 is 1.42 bits per heavy atom. The Morgan fingerprint density at radius 3 is 2.03 bits per heavy atom. The number of rotatable bonds is 5. The van der Waals surface area contributed by atoms with Crippen LogP contribution in [0.15, 0.2) is 60.7 Å². The van der Waals surface area contributed by atoms with Crippen LogP contribution in [-0.2, 0) is 0 Å². The van der Waals surface area contributed by atoms with E-state index in [1.165, 1.54) is 12.1 Å². The highest BCUT2D eigenvalue weighted by atomic mass is 19.4. The van der Waals surface area contributed by atoms with Crippen molar-refractivity contribution in [2.45, 2.75) is 39.8 Å². The van der Waals surface area contributed by atoms with Gasteiger partial charge in [0.15, 0.2) is 0 Å². The number of hydrogen-bond acceptors (Lipinski definition) is 2. The van der Waals surface area contributed by atoms with E-state index in [4.69, 9.17) is 0 Å². The molecule has 172 valence electrons. The van der Waals surface area contributed by atoms with E-state index in [2.05, 4.69) is 10.6 Å². The Labute approximate surface area is 190 Å². The first-order valence-corrected chi connectivity index (χ1v) is 10.4. The summed E-state index contributed by atoms with van der Waals surface area (Å²) < 4.78 is 39.3. The molecule has 2 N–H and O–H groups in total. The number of carbonyl (C=O) groups is 2. The lowest BCUT2D eigenvalue weighted by atomic mass is 9.95. The van der Waals surface area contributed by atoms with Crippen molar-refractivity contribution in [3.63, 3.8) is 0 Å². The standard InChI is InChI=1S/C26H25F3N2O2/c1-15-8-5-6-11-22(15)25(33)30-21-10-7-9-19(14-21)24(32)31-23-16(2)12-20(13-17(23)3)18(4)26(27,28)29/h5-14,18H,1-4H3,(H,30,33)(H,31,32). The molecule has 0 radical (unpaired) electrons. The summed E-state index contributed by atoms with van der Waals surface area (Å²) in [7, 11) is 0. The highest BCUT2D eigenvalue weighted by Gasteiger charge is 2.37. The van der Waals surface area contributed by atoms with E-state index >= 15 is 0 Å². The van der Waals surface area contributed by atoms with Crippen LogP contribution in [0.3, 0.4) is 0 Å². The molecule has 0 heterocycles. The summed E-state index contributed by atoms with van der Waals surface area (Å²) in [5, 5.41) is 5.58. The number of aryl methyl sites for hydroxylation is 3. The molecular formula is C26H25F3N2O2. The highest BCUT2D eigenvalue weighted by Crippen LogP contribution is 2.36. The summed E-state index contributed by atoms with van der Waals surface area (Å²) in [4.78, 5) is 25.4. The van der Waals surface area contributed by atoms with Crippen molar-refractivity contribution in [2.75, 3.05) is 10.6 Å². The zero-order valence-corrected chi connectivity index (χ0v) is 18.8. The Hall–Kier alpha value is -3.61. The van der Waals surface area contributed by atoms with Crippen LogP contribution in [0.2, 0.25) is 0 Å². The second-order valence-electron chi connectivity index (χ2n) is 8.10. The quantitative estimate of drug-likeness (QED) is 0.446. The van der Waals surface area contributed by atoms with Crippen LogP contribution in [0.4, 0.5) is 24.5 Å². The number of hydrogen-bond donors (Lipinski definition) is 2. The summed E-state index contributed by atoms with van der Waals surface area (Å²) in [6, 6.07) is 16.5. The van der Waals surface area contributed by atoms with Crippen molar-refractivity contribution in [1.29, 1.82) is 0 Å². The summed E-state index contributed by atoms with van der Waals surface area (Å²) in [5.74, 6) is -2.32. The van der Waals surface area contributed by atoms with Crippen LogP contribution in [0.25, 0.3) is 0 Å². The van der Waals surface area contributed by atoms with Gasteiger partial charge >= 0.3 is 6.18 Å². The summed E-state index contributed by atoms with van der Waals surface area (Å²) in [6.45, 7) is 6.27. The van der Waals surface area contributed by atoms with E-state index in [1.807, 2.05) is 19.1 Å². The molecule has 33 heavy (non-hydrogen) atoms. The molecule has 0 saturated carbocycles. The molecule has 0 saturated heterocycles. The van der Waals surface area contributed by atoms with E-state index < -0.39 is 18.0 Å². The van der Waals surface area contributed by atoms with Gasteiger partial charge in [-0.2, -0.15) is 13.2 Å². The smallest absolute Gasteiger partial charge is 0.322 e. The average Bonchev–Trinajstić information content (AvgIpc) is 2.75. The van der Waals surface area contributed by atoms with Gasteiger partial charge in [0.25, 0.3) is 11.8 Å². The molecule has 1 atom stereocenters. The van der Waals surface area contributed by atoms with Gasteiger partial charge in [0.05, 0.1) is 5.92 Å². The number of benzene rings is 3. The number of halogens is 3. The van der Waals surface area contributed by atoms with Crippen molar-refractivity contribution in [3.05, 3.63) is 94.0 Å². The lowest BCUT2D eigenvalue weighted by Crippen LogP contribution is -2.19. The van der Waals surface area contributed by atoms with Gasteiger partial charge in [-0.05, 0) is 74.2 Å². The first-order valence-electron chi connectivity index (χ1n) is 10.4. The first-order chi connectivity index (χ1) is 15.5. The zero-order chi connectivity index (χ0) is 24.3. The summed E-state index contributed by atoms with van der Waals surface area (Å²) in [6.07, 6.45) is -4.34. The molecule has 0 aromatic heterocycles. The monoisotopic (exact) mass is 454 g/mol. The molecule has 0 spiro atoms. The van der Waals surface area contributed by atoms with E-state index in [0.29, 0.717) is 33.6 Å². The maximum absolute atomic E-state index is 13.1. The van der Waals surface area contributed by atoms with Gasteiger partial charge in [-0.1, -0.05) is 36.4 Å². The molecule has 7 heteroatoms. The van der Waals surface area contributed by atoms with Crippen molar-refractivity contribution < 1.29 is 22.8 Å². The van der Waals surface area contributed by atoms with Crippen molar-refractivity contribution in [3.8, 4) is 0 Å². The number of carbonyl (C=O) groups excluding carboxylic acids is 2. The van der Waals surface area contributed by atoms with Crippen molar-refractivity contribution in [1.82, 2.24) is 0 Å². The third kappa shape index (κ3) is 5.61. The largest absolute Gasteiger partial charge is 0.395 e. The van der Waals surface area contributed by atoms with Gasteiger partial charge in [-0.3, -0.25) is 9.59 Å². The van der Waals surface area contributed by atoms with Gasteiger partial charge in [0.2, 0.25) is 0 Å². The lowest BCUT2D eigenvalue weighted by Gasteiger charge is -2.19. The predicted octanol–water partition coefficient (Wildman–Crippen LogP) is 6.78. The number of amides is 2. The molecule has 0 aliphatic heterocycles. The SMILES string of the molecule is Cc1ccccc1C(=O)Nc1cccc(C(=O)Nc2c(C)cc(C(C)C(F)(F)F)cc2C)c1. The van der Waals surface area contributed by atoms with E-state index in [-0.39, 0.29) is 11.5 Å². The minimum atomic E-state index is -4.34. The Bertz CT molecular complexity index is 1180. The fraction of sp³-hybridized carbons (Fsp3) is 0.231.